The van der Waals surface area contributed by atoms with Crippen LogP contribution in [0, 0.1) is 0 Å². The molecule has 0 aliphatic heterocycles. The average Bonchev–Trinajstić information content (AvgIpc) is 2.63. The Labute approximate surface area is 138 Å². The van der Waals surface area contributed by atoms with Gasteiger partial charge in [0.1, 0.15) is 11.5 Å². The molecule has 3 rings (SSSR count). The molecule has 0 N–H and O–H groups in total. The number of carbonyl (C=O) groups is 2. The van der Waals surface area contributed by atoms with E-state index < -0.39 is 11.9 Å². The van der Waals surface area contributed by atoms with E-state index in [9.17, 15) is 9.59 Å². The molecule has 2 aromatic carbocycles. The number of benzene rings is 2. The van der Waals surface area contributed by atoms with E-state index in [2.05, 4.69) is 4.98 Å². The quantitative estimate of drug-likeness (QED) is 0.544. The van der Waals surface area contributed by atoms with Gasteiger partial charge in [-0.25, -0.2) is 14.6 Å². The van der Waals surface area contributed by atoms with E-state index in [0.29, 0.717) is 11.5 Å². The van der Waals surface area contributed by atoms with Crippen molar-refractivity contribution in [1.29, 1.82) is 0 Å². The molecule has 0 saturated carbocycles. The smallest absolute Gasteiger partial charge is 0.363 e. The van der Waals surface area contributed by atoms with Crippen LogP contribution in [-0.2, 0) is 0 Å². The van der Waals surface area contributed by atoms with E-state index in [4.69, 9.17) is 9.47 Å². The second-order valence-corrected chi connectivity index (χ2v) is 4.80. The SMILES string of the molecule is O=C(Oc1ccccc1)c1cccnc1C(=O)Oc1ccccc1. The number of hydrogen-bond acceptors (Lipinski definition) is 5. The molecule has 0 unspecified atom stereocenters. The van der Waals surface area contributed by atoms with Crippen molar-refractivity contribution >= 4 is 11.9 Å². The lowest BCUT2D eigenvalue weighted by Gasteiger charge is -2.08. The Bertz CT molecular complexity index is 775. The second kappa shape index (κ2) is 7.19. The van der Waals surface area contributed by atoms with Crippen molar-refractivity contribution in [3.63, 3.8) is 0 Å². The highest BCUT2D eigenvalue weighted by atomic mass is 16.5. The molecular weight excluding hydrogens is 306 g/mol. The van der Waals surface area contributed by atoms with E-state index in [0.717, 1.165) is 0 Å². The maximum absolute atomic E-state index is 12.3. The van der Waals surface area contributed by atoms with Gasteiger partial charge in [-0.1, -0.05) is 36.4 Å². The van der Waals surface area contributed by atoms with Crippen LogP contribution in [0.5, 0.6) is 11.5 Å². The lowest BCUT2D eigenvalue weighted by atomic mass is 10.2. The first kappa shape index (κ1) is 15.4. The third kappa shape index (κ3) is 3.64. The number of para-hydroxylation sites is 2. The zero-order valence-electron chi connectivity index (χ0n) is 12.6. The highest BCUT2D eigenvalue weighted by Crippen LogP contribution is 2.16. The number of carbonyl (C=O) groups excluding carboxylic acids is 2. The van der Waals surface area contributed by atoms with E-state index in [1.54, 1.807) is 60.7 Å². The van der Waals surface area contributed by atoms with Crippen LogP contribution in [0.1, 0.15) is 20.8 Å². The molecule has 118 valence electrons. The fourth-order valence-corrected chi connectivity index (χ4v) is 2.03. The van der Waals surface area contributed by atoms with Crippen LogP contribution in [0.3, 0.4) is 0 Å². The molecule has 3 aromatic rings. The summed E-state index contributed by atoms with van der Waals surface area (Å²) < 4.78 is 10.5. The number of esters is 2. The maximum Gasteiger partial charge on any atom is 0.363 e. The summed E-state index contributed by atoms with van der Waals surface area (Å²) in [5.74, 6) is -0.639. The number of nitrogens with zero attached hydrogens (tertiary/aromatic N) is 1. The highest BCUT2D eigenvalue weighted by Gasteiger charge is 2.21. The topological polar surface area (TPSA) is 65.5 Å². The molecule has 0 aliphatic rings. The van der Waals surface area contributed by atoms with Gasteiger partial charge in [0.2, 0.25) is 0 Å². The van der Waals surface area contributed by atoms with E-state index in [1.165, 1.54) is 12.3 Å². The largest absolute Gasteiger partial charge is 0.423 e. The molecule has 5 heteroatoms. The first-order valence-electron chi connectivity index (χ1n) is 7.23. The molecule has 1 heterocycles. The summed E-state index contributed by atoms with van der Waals surface area (Å²) in [7, 11) is 0. The molecule has 0 spiro atoms. The van der Waals surface area contributed by atoms with Crippen LogP contribution in [0.15, 0.2) is 79.0 Å². The average molecular weight is 319 g/mol. The maximum atomic E-state index is 12.3. The van der Waals surface area contributed by atoms with Gasteiger partial charge in [0.05, 0.1) is 5.56 Å². The van der Waals surface area contributed by atoms with Crippen LogP contribution < -0.4 is 9.47 Å². The molecule has 0 saturated heterocycles. The van der Waals surface area contributed by atoms with Crippen LogP contribution in [0.25, 0.3) is 0 Å². The Morgan fingerprint density at radius 3 is 1.79 bits per heavy atom. The van der Waals surface area contributed by atoms with Gasteiger partial charge in [-0.15, -0.1) is 0 Å². The van der Waals surface area contributed by atoms with Crippen LogP contribution in [-0.4, -0.2) is 16.9 Å². The third-order valence-electron chi connectivity index (χ3n) is 3.13. The molecule has 0 atom stereocenters. The van der Waals surface area contributed by atoms with Gasteiger partial charge in [-0.3, -0.25) is 0 Å². The summed E-state index contributed by atoms with van der Waals surface area (Å²) in [6.07, 6.45) is 1.42. The van der Waals surface area contributed by atoms with Gasteiger partial charge in [-0.2, -0.15) is 0 Å². The Kier molecular flexibility index (Phi) is 4.62. The summed E-state index contributed by atoms with van der Waals surface area (Å²) in [4.78, 5) is 28.6. The lowest BCUT2D eigenvalue weighted by molar-refractivity contribution is 0.0687. The fraction of sp³-hybridized carbons (Fsp3) is 0. The minimum Gasteiger partial charge on any atom is -0.423 e. The molecule has 0 aliphatic carbocycles. The number of rotatable bonds is 4. The minimum atomic E-state index is -0.721. The van der Waals surface area contributed by atoms with E-state index >= 15 is 0 Å². The highest BCUT2D eigenvalue weighted by molar-refractivity contribution is 6.03. The zero-order chi connectivity index (χ0) is 16.8. The zero-order valence-corrected chi connectivity index (χ0v) is 12.6. The van der Waals surface area contributed by atoms with E-state index in [-0.39, 0.29) is 11.3 Å². The monoisotopic (exact) mass is 319 g/mol. The molecule has 5 nitrogen and oxygen atoms in total. The van der Waals surface area contributed by atoms with Gasteiger partial charge in [0.15, 0.2) is 5.69 Å². The Morgan fingerprint density at radius 2 is 1.21 bits per heavy atom. The van der Waals surface area contributed by atoms with Gasteiger partial charge in [-0.05, 0) is 36.4 Å². The van der Waals surface area contributed by atoms with Crippen molar-refractivity contribution in [3.8, 4) is 11.5 Å². The van der Waals surface area contributed by atoms with Crippen molar-refractivity contribution in [3.05, 3.63) is 90.3 Å². The van der Waals surface area contributed by atoms with Gasteiger partial charge in [0.25, 0.3) is 0 Å². The first-order valence-corrected chi connectivity index (χ1v) is 7.23. The van der Waals surface area contributed by atoms with Crippen LogP contribution in [0.2, 0.25) is 0 Å². The van der Waals surface area contributed by atoms with Crippen molar-refractivity contribution < 1.29 is 19.1 Å². The lowest BCUT2D eigenvalue weighted by Crippen LogP contribution is -2.19. The van der Waals surface area contributed by atoms with Crippen molar-refractivity contribution in [1.82, 2.24) is 4.98 Å². The summed E-state index contributed by atoms with van der Waals surface area (Å²) in [5, 5.41) is 0. The summed E-state index contributed by atoms with van der Waals surface area (Å²) in [6.45, 7) is 0. The molecule has 0 fully saturated rings. The van der Waals surface area contributed by atoms with Crippen LogP contribution >= 0.6 is 0 Å². The minimum absolute atomic E-state index is 0.0438. The normalized spacial score (nSPS) is 10.0. The first-order chi connectivity index (χ1) is 11.7. The van der Waals surface area contributed by atoms with Crippen molar-refractivity contribution in [2.75, 3.05) is 0 Å². The molecule has 1 aromatic heterocycles. The summed E-state index contributed by atoms with van der Waals surface area (Å²) >= 11 is 0. The predicted octanol–water partition coefficient (Wildman–Crippen LogP) is 3.52. The third-order valence-corrected chi connectivity index (χ3v) is 3.13. The summed E-state index contributed by atoms with van der Waals surface area (Å²) in [5.41, 5.74) is -0.0513. The van der Waals surface area contributed by atoms with Gasteiger partial charge in [0, 0.05) is 6.20 Å². The summed E-state index contributed by atoms with van der Waals surface area (Å²) in [6, 6.07) is 20.2. The molecule has 0 amide bonds. The van der Waals surface area contributed by atoms with Crippen molar-refractivity contribution in [2.45, 2.75) is 0 Å². The van der Waals surface area contributed by atoms with Crippen LogP contribution in [0.4, 0.5) is 0 Å². The fourth-order valence-electron chi connectivity index (χ4n) is 2.03. The Morgan fingerprint density at radius 1 is 0.667 bits per heavy atom. The Hall–Kier alpha value is -3.47. The number of ether oxygens (including phenoxy) is 2. The molecule has 24 heavy (non-hydrogen) atoms. The number of aromatic nitrogens is 1. The molecule has 0 bridgehead atoms. The number of pyridine rings is 1. The van der Waals surface area contributed by atoms with E-state index in [1.807, 2.05) is 6.07 Å². The predicted molar refractivity (Wildman–Crippen MR) is 87.0 cm³/mol. The van der Waals surface area contributed by atoms with Crippen molar-refractivity contribution in [2.24, 2.45) is 0 Å². The molecule has 0 radical (unpaired) electrons. The van der Waals surface area contributed by atoms with Gasteiger partial charge >= 0.3 is 11.9 Å². The molecular formula is C19H13NO4. The van der Waals surface area contributed by atoms with Gasteiger partial charge < -0.3 is 9.47 Å². The Balaban J connectivity index is 1.82. The standard InChI is InChI=1S/C19H13NO4/c21-18(23-14-8-3-1-4-9-14)16-12-7-13-20-17(16)19(22)24-15-10-5-2-6-11-15/h1-13H. The second-order valence-electron chi connectivity index (χ2n) is 4.80. The number of hydrogen-bond donors (Lipinski definition) is 0.